The first-order chi connectivity index (χ1) is 12.5. The van der Waals surface area contributed by atoms with Crippen molar-refractivity contribution in [3.63, 3.8) is 0 Å². The van der Waals surface area contributed by atoms with Crippen LogP contribution < -0.4 is 0 Å². The van der Waals surface area contributed by atoms with Gasteiger partial charge >= 0.3 is 0 Å². The van der Waals surface area contributed by atoms with Crippen LogP contribution in [0.5, 0.6) is 5.88 Å². The molecule has 0 saturated carbocycles. The Kier molecular flexibility index (Phi) is 3.62. The van der Waals surface area contributed by atoms with Crippen LogP contribution in [0.2, 0.25) is 0 Å². The van der Waals surface area contributed by atoms with Gasteiger partial charge in [0.1, 0.15) is 11.2 Å². The lowest BCUT2D eigenvalue weighted by Gasteiger charge is -1.97. The van der Waals surface area contributed by atoms with Crippen molar-refractivity contribution in [2.75, 3.05) is 0 Å². The molecule has 2 N–H and O–H groups in total. The van der Waals surface area contributed by atoms with Crippen molar-refractivity contribution in [3.05, 3.63) is 45.1 Å². The zero-order valence-corrected chi connectivity index (χ0v) is 14.5. The molecule has 0 aliphatic heterocycles. The van der Waals surface area contributed by atoms with Crippen molar-refractivity contribution < 1.29 is 10.0 Å². The molecule has 26 heavy (non-hydrogen) atoms. The number of nitrogens with one attached hydrogen (secondary N) is 1. The van der Waals surface area contributed by atoms with Gasteiger partial charge in [-0.15, -0.1) is 21.6 Å². The number of azo groups is 1. The molecule has 0 atom stereocenters. The summed E-state index contributed by atoms with van der Waals surface area (Å²) in [5.74, 6) is 0.170. The number of rotatable bonds is 3. The Labute approximate surface area is 150 Å². The number of aryl methyl sites for hydroxylation is 2. The normalized spacial score (nSPS) is 11.8. The molecule has 0 bridgehead atoms. The number of thiophene rings is 1. The van der Waals surface area contributed by atoms with Crippen LogP contribution in [-0.4, -0.2) is 25.0 Å². The van der Waals surface area contributed by atoms with Crippen LogP contribution in [0.3, 0.4) is 0 Å². The minimum Gasteiger partial charge on any atom is -0.493 e. The number of aromatic amines is 1. The van der Waals surface area contributed by atoms with Gasteiger partial charge in [0.15, 0.2) is 11.5 Å². The smallest absolute Gasteiger partial charge is 0.270 e. The molecule has 0 radical (unpaired) electrons. The zero-order valence-electron chi connectivity index (χ0n) is 13.7. The molecule has 3 aromatic heterocycles. The van der Waals surface area contributed by atoms with E-state index in [0.717, 1.165) is 20.7 Å². The van der Waals surface area contributed by atoms with Crippen molar-refractivity contribution in [3.8, 4) is 5.88 Å². The lowest BCUT2D eigenvalue weighted by atomic mass is 10.2. The molecular formula is C16H12N6O3S. The maximum absolute atomic E-state index is 11.0. The number of hydrogen-bond acceptors (Lipinski definition) is 8. The van der Waals surface area contributed by atoms with Gasteiger partial charge in [-0.2, -0.15) is 0 Å². The summed E-state index contributed by atoms with van der Waals surface area (Å²) in [5, 5.41) is 30.6. The van der Waals surface area contributed by atoms with Crippen LogP contribution in [0.25, 0.3) is 21.1 Å². The first-order valence-electron chi connectivity index (χ1n) is 7.57. The molecule has 1 aromatic carbocycles. The van der Waals surface area contributed by atoms with Crippen LogP contribution in [-0.2, 0) is 0 Å². The molecule has 130 valence electrons. The van der Waals surface area contributed by atoms with E-state index >= 15 is 0 Å². The molecule has 4 aromatic rings. The minimum atomic E-state index is -0.504. The summed E-state index contributed by atoms with van der Waals surface area (Å²) in [4.78, 5) is 23.6. The Hall–Kier alpha value is -3.40. The molecule has 0 spiro atoms. The number of non-ortho nitro benzene ring substituents is 1. The first kappa shape index (κ1) is 16.1. The molecule has 0 saturated heterocycles. The molecule has 0 aliphatic rings. The minimum absolute atomic E-state index is 0.0957. The van der Waals surface area contributed by atoms with Gasteiger partial charge < -0.3 is 10.1 Å². The number of aromatic hydroxyl groups is 1. The fraction of sp³-hybridized carbons (Fsp3) is 0.125. The second-order valence-corrected chi connectivity index (χ2v) is 6.87. The number of benzene rings is 1. The summed E-state index contributed by atoms with van der Waals surface area (Å²) in [5.41, 5.74) is 1.58. The van der Waals surface area contributed by atoms with Crippen LogP contribution in [0.4, 0.5) is 17.2 Å². The summed E-state index contributed by atoms with van der Waals surface area (Å²) in [6, 6.07) is 4.21. The Balaban J connectivity index is 1.86. The number of nitro groups is 1. The van der Waals surface area contributed by atoms with E-state index in [4.69, 9.17) is 0 Å². The van der Waals surface area contributed by atoms with Gasteiger partial charge in [0.2, 0.25) is 5.88 Å². The number of hydrogen-bond donors (Lipinski definition) is 2. The highest BCUT2D eigenvalue weighted by Crippen LogP contribution is 2.39. The highest BCUT2D eigenvalue weighted by molar-refractivity contribution is 7.18. The van der Waals surface area contributed by atoms with Gasteiger partial charge in [0, 0.05) is 22.4 Å². The predicted octanol–water partition coefficient (Wildman–Crippen LogP) is 4.82. The molecule has 0 unspecified atom stereocenters. The van der Waals surface area contributed by atoms with Gasteiger partial charge in [0.25, 0.3) is 5.69 Å². The van der Waals surface area contributed by atoms with E-state index < -0.39 is 4.92 Å². The average Bonchev–Trinajstić information content (AvgIpc) is 3.08. The number of nitrogens with zero attached hydrogens (tertiary/aromatic N) is 5. The molecule has 9 nitrogen and oxygen atoms in total. The van der Waals surface area contributed by atoms with Crippen LogP contribution >= 0.6 is 11.3 Å². The fourth-order valence-electron chi connectivity index (χ4n) is 2.70. The van der Waals surface area contributed by atoms with E-state index in [1.165, 1.54) is 24.5 Å². The third kappa shape index (κ3) is 2.47. The monoisotopic (exact) mass is 368 g/mol. The summed E-state index contributed by atoms with van der Waals surface area (Å²) in [7, 11) is 0. The van der Waals surface area contributed by atoms with Gasteiger partial charge in [-0.25, -0.2) is 9.97 Å². The summed E-state index contributed by atoms with van der Waals surface area (Å²) < 4.78 is 0. The largest absolute Gasteiger partial charge is 0.493 e. The van der Waals surface area contributed by atoms with E-state index in [1.54, 1.807) is 11.3 Å². The van der Waals surface area contributed by atoms with Crippen LogP contribution in [0.15, 0.2) is 34.8 Å². The lowest BCUT2D eigenvalue weighted by Crippen LogP contribution is -1.86. The second-order valence-electron chi connectivity index (χ2n) is 5.67. The molecule has 4 rings (SSSR count). The quantitative estimate of drug-likeness (QED) is 0.304. The standard InChI is InChI=1S/C16H12N6O3S/c1-7-8(2)26-16-12(7)14(17-6-18-16)21-20-13-10-5-9(22(24)25)3-4-11(10)19-15(13)23/h3-6,19,23H,1-2H3. The summed E-state index contributed by atoms with van der Waals surface area (Å²) in [6.45, 7) is 3.95. The van der Waals surface area contributed by atoms with Gasteiger partial charge in [0.05, 0.1) is 15.8 Å². The highest BCUT2D eigenvalue weighted by Gasteiger charge is 2.16. The van der Waals surface area contributed by atoms with Gasteiger partial charge in [-0.3, -0.25) is 10.1 Å². The molecule has 0 aliphatic carbocycles. The van der Waals surface area contributed by atoms with Crippen molar-refractivity contribution in [1.82, 2.24) is 15.0 Å². The average molecular weight is 368 g/mol. The van der Waals surface area contributed by atoms with Crippen molar-refractivity contribution in [1.29, 1.82) is 0 Å². The number of nitro benzene ring substituents is 1. The van der Waals surface area contributed by atoms with E-state index in [9.17, 15) is 15.2 Å². The van der Waals surface area contributed by atoms with E-state index in [1.807, 2.05) is 13.8 Å². The maximum atomic E-state index is 11.0. The highest BCUT2D eigenvalue weighted by atomic mass is 32.1. The number of fused-ring (bicyclic) bond motifs is 2. The Morgan fingerprint density at radius 3 is 2.85 bits per heavy atom. The maximum Gasteiger partial charge on any atom is 0.270 e. The Morgan fingerprint density at radius 2 is 2.08 bits per heavy atom. The van der Waals surface area contributed by atoms with Gasteiger partial charge in [-0.1, -0.05) is 0 Å². The van der Waals surface area contributed by atoms with Crippen LogP contribution in [0.1, 0.15) is 10.4 Å². The third-order valence-electron chi connectivity index (χ3n) is 4.14. The van der Waals surface area contributed by atoms with Crippen LogP contribution in [0, 0.1) is 24.0 Å². The third-order valence-corrected chi connectivity index (χ3v) is 5.25. The van der Waals surface area contributed by atoms with E-state index in [0.29, 0.717) is 16.7 Å². The first-order valence-corrected chi connectivity index (χ1v) is 8.39. The van der Waals surface area contributed by atoms with E-state index in [-0.39, 0.29) is 17.3 Å². The molecule has 10 heteroatoms. The molecular weight excluding hydrogens is 356 g/mol. The fourth-order valence-corrected chi connectivity index (χ4v) is 3.69. The van der Waals surface area contributed by atoms with E-state index in [2.05, 4.69) is 25.2 Å². The van der Waals surface area contributed by atoms with Crippen molar-refractivity contribution in [2.45, 2.75) is 13.8 Å². The second kappa shape index (κ2) is 5.85. The Morgan fingerprint density at radius 1 is 1.27 bits per heavy atom. The number of H-pyrrole nitrogens is 1. The molecule has 3 heterocycles. The Bertz CT molecular complexity index is 1210. The topological polar surface area (TPSA) is 130 Å². The molecule has 0 amide bonds. The SMILES string of the molecule is Cc1sc2ncnc(N=Nc3c(O)[nH]c4ccc([N+](=O)[O-])cc34)c2c1C. The summed E-state index contributed by atoms with van der Waals surface area (Å²) in [6.07, 6.45) is 1.41. The predicted molar refractivity (Wildman–Crippen MR) is 97.7 cm³/mol. The zero-order chi connectivity index (χ0) is 18.4. The lowest BCUT2D eigenvalue weighted by molar-refractivity contribution is -0.384. The number of aromatic nitrogens is 3. The summed E-state index contributed by atoms with van der Waals surface area (Å²) >= 11 is 1.54. The molecule has 0 fully saturated rings. The van der Waals surface area contributed by atoms with Gasteiger partial charge in [-0.05, 0) is 25.5 Å². The van der Waals surface area contributed by atoms with Crippen molar-refractivity contribution in [2.24, 2.45) is 10.2 Å². The van der Waals surface area contributed by atoms with Crippen molar-refractivity contribution >= 4 is 49.6 Å².